The minimum Gasteiger partial charge on any atom is -0.496 e. The molecule has 0 aliphatic rings. The van der Waals surface area contributed by atoms with Gasteiger partial charge in [0.05, 0.1) is 24.5 Å². The van der Waals surface area contributed by atoms with Gasteiger partial charge in [-0.3, -0.25) is 9.59 Å². The molecule has 3 rings (SSSR count). The van der Waals surface area contributed by atoms with Crippen molar-refractivity contribution in [3.63, 3.8) is 0 Å². The lowest BCUT2D eigenvalue weighted by atomic mass is 9.79. The summed E-state index contributed by atoms with van der Waals surface area (Å²) in [6, 6.07) is 18.5. The average Bonchev–Trinajstić information content (AvgIpc) is 2.89. The number of aliphatic carboxylic acids is 1. The van der Waals surface area contributed by atoms with Crippen molar-refractivity contribution in [1.29, 1.82) is 0 Å². The fourth-order valence-corrected chi connectivity index (χ4v) is 3.99. The molecule has 0 aliphatic heterocycles. The van der Waals surface area contributed by atoms with Gasteiger partial charge >= 0.3 is 18.1 Å². The molecule has 0 atom stereocenters. The third kappa shape index (κ3) is 6.92. The van der Waals surface area contributed by atoms with Crippen LogP contribution in [0.5, 0.6) is 5.75 Å². The number of carboxylic acids is 1. The predicted octanol–water partition coefficient (Wildman–Crippen LogP) is 5.97. The van der Waals surface area contributed by atoms with Gasteiger partial charge in [0.1, 0.15) is 12.4 Å². The molecule has 0 aliphatic carbocycles. The number of carbonyl (C=O) groups excluding carboxylic acids is 1. The SMILES string of the molecule is COc1cc(C(F)(F)F)c(C(C)(C)C(=O)O)cc1-c1ccccc1CNCCC(=O)OCc1ccccc1. The highest BCUT2D eigenvalue weighted by atomic mass is 19.4. The number of rotatable bonds is 11. The number of esters is 1. The first-order valence-electron chi connectivity index (χ1n) is 12.0. The maximum atomic E-state index is 13.9. The number of carbonyl (C=O) groups is 2. The van der Waals surface area contributed by atoms with Gasteiger partial charge in [0.15, 0.2) is 0 Å². The Morgan fingerprint density at radius 2 is 1.58 bits per heavy atom. The first kappa shape index (κ1) is 28.7. The van der Waals surface area contributed by atoms with Crippen LogP contribution in [0.15, 0.2) is 66.7 Å². The van der Waals surface area contributed by atoms with Crippen LogP contribution in [0.1, 0.15) is 42.5 Å². The number of carboxylic acid groups (broad SMARTS) is 1. The van der Waals surface area contributed by atoms with Crippen LogP contribution in [0.3, 0.4) is 0 Å². The molecule has 0 saturated carbocycles. The van der Waals surface area contributed by atoms with Gasteiger partial charge in [0, 0.05) is 18.7 Å². The number of hydrogen-bond acceptors (Lipinski definition) is 5. The molecule has 0 bridgehead atoms. The van der Waals surface area contributed by atoms with Crippen molar-refractivity contribution in [2.75, 3.05) is 13.7 Å². The smallest absolute Gasteiger partial charge is 0.416 e. The monoisotopic (exact) mass is 529 g/mol. The van der Waals surface area contributed by atoms with Crippen LogP contribution in [-0.2, 0) is 39.1 Å². The van der Waals surface area contributed by atoms with E-state index in [0.717, 1.165) is 17.2 Å². The van der Waals surface area contributed by atoms with Gasteiger partial charge in [-0.2, -0.15) is 13.2 Å². The van der Waals surface area contributed by atoms with Crippen molar-refractivity contribution >= 4 is 11.9 Å². The summed E-state index contributed by atoms with van der Waals surface area (Å²) in [4.78, 5) is 24.0. The maximum Gasteiger partial charge on any atom is 0.416 e. The van der Waals surface area contributed by atoms with E-state index < -0.39 is 23.1 Å². The van der Waals surface area contributed by atoms with Crippen molar-refractivity contribution in [2.24, 2.45) is 0 Å². The molecule has 3 aromatic carbocycles. The lowest BCUT2D eigenvalue weighted by Gasteiger charge is -2.26. The molecule has 0 saturated heterocycles. The number of hydrogen-bond donors (Lipinski definition) is 2. The Balaban J connectivity index is 1.81. The summed E-state index contributed by atoms with van der Waals surface area (Å²) >= 11 is 0. The van der Waals surface area contributed by atoms with Crippen LogP contribution in [0.4, 0.5) is 13.2 Å². The average molecular weight is 530 g/mol. The normalized spacial score (nSPS) is 11.7. The van der Waals surface area contributed by atoms with Gasteiger partial charge in [-0.1, -0.05) is 54.6 Å². The quantitative estimate of drug-likeness (QED) is 0.235. The van der Waals surface area contributed by atoms with Crippen LogP contribution in [0.2, 0.25) is 0 Å². The summed E-state index contributed by atoms with van der Waals surface area (Å²) in [5.74, 6) is -1.77. The van der Waals surface area contributed by atoms with Crippen molar-refractivity contribution in [3.05, 3.63) is 89.0 Å². The molecule has 0 heterocycles. The van der Waals surface area contributed by atoms with Crippen LogP contribution >= 0.6 is 0 Å². The summed E-state index contributed by atoms with van der Waals surface area (Å²) in [7, 11) is 1.27. The molecule has 6 nitrogen and oxygen atoms in total. The highest BCUT2D eigenvalue weighted by molar-refractivity contribution is 5.84. The second-order valence-electron chi connectivity index (χ2n) is 9.26. The van der Waals surface area contributed by atoms with Gasteiger partial charge in [0.25, 0.3) is 0 Å². The van der Waals surface area contributed by atoms with Gasteiger partial charge in [0.2, 0.25) is 0 Å². The van der Waals surface area contributed by atoms with Gasteiger partial charge in [-0.15, -0.1) is 0 Å². The summed E-state index contributed by atoms with van der Waals surface area (Å²) < 4.78 is 52.3. The van der Waals surface area contributed by atoms with Gasteiger partial charge in [-0.05, 0) is 48.2 Å². The molecule has 0 aromatic heterocycles. The van der Waals surface area contributed by atoms with Crippen LogP contribution in [0.25, 0.3) is 11.1 Å². The van der Waals surface area contributed by atoms with E-state index >= 15 is 0 Å². The maximum absolute atomic E-state index is 13.9. The number of ether oxygens (including phenoxy) is 2. The van der Waals surface area contributed by atoms with E-state index in [1.54, 1.807) is 24.3 Å². The molecule has 38 heavy (non-hydrogen) atoms. The molecule has 0 fully saturated rings. The fraction of sp³-hybridized carbons (Fsp3) is 0.310. The summed E-state index contributed by atoms with van der Waals surface area (Å²) in [6.45, 7) is 3.29. The first-order chi connectivity index (χ1) is 17.9. The van der Waals surface area contributed by atoms with Crippen molar-refractivity contribution in [1.82, 2.24) is 5.32 Å². The van der Waals surface area contributed by atoms with E-state index in [1.165, 1.54) is 27.0 Å². The number of methoxy groups -OCH3 is 1. The van der Waals surface area contributed by atoms with E-state index in [4.69, 9.17) is 9.47 Å². The standard InChI is InChI=1S/C29H30F3NO5/c1-28(2,27(35)36)23-15-22(25(37-3)16-24(23)29(30,31)32)21-12-8-7-11-20(21)17-33-14-13-26(34)38-18-19-9-5-4-6-10-19/h4-12,15-16,33H,13-14,17-18H2,1-3H3,(H,35,36). The minimum atomic E-state index is -4.77. The summed E-state index contributed by atoms with van der Waals surface area (Å²) in [5, 5.41) is 12.8. The zero-order valence-electron chi connectivity index (χ0n) is 21.4. The lowest BCUT2D eigenvalue weighted by Crippen LogP contribution is -2.31. The summed E-state index contributed by atoms with van der Waals surface area (Å²) in [6.07, 6.45) is -4.64. The zero-order valence-corrected chi connectivity index (χ0v) is 21.4. The van der Waals surface area contributed by atoms with Gasteiger partial charge in [-0.25, -0.2) is 0 Å². The number of alkyl halides is 3. The molecule has 2 N–H and O–H groups in total. The molecular weight excluding hydrogens is 499 g/mol. The predicted molar refractivity (Wildman–Crippen MR) is 137 cm³/mol. The molecular formula is C29H30F3NO5. The van der Waals surface area contributed by atoms with Crippen molar-refractivity contribution < 1.29 is 37.3 Å². The molecule has 0 amide bonds. The third-order valence-corrected chi connectivity index (χ3v) is 6.22. The van der Waals surface area contributed by atoms with E-state index in [9.17, 15) is 27.9 Å². The molecule has 0 unspecified atom stereocenters. The van der Waals surface area contributed by atoms with Gasteiger partial charge < -0.3 is 19.9 Å². The number of halogens is 3. The second kappa shape index (κ2) is 12.1. The largest absolute Gasteiger partial charge is 0.496 e. The van der Waals surface area contributed by atoms with Crippen molar-refractivity contribution in [3.8, 4) is 16.9 Å². The van der Waals surface area contributed by atoms with E-state index in [-0.39, 0.29) is 30.3 Å². The first-order valence-corrected chi connectivity index (χ1v) is 12.0. The Bertz CT molecular complexity index is 1270. The van der Waals surface area contributed by atoms with Crippen molar-refractivity contribution in [2.45, 2.75) is 45.0 Å². The Morgan fingerprint density at radius 3 is 2.21 bits per heavy atom. The Labute approximate surface area is 219 Å². The highest BCUT2D eigenvalue weighted by Gasteiger charge is 2.42. The second-order valence-corrected chi connectivity index (χ2v) is 9.26. The van der Waals surface area contributed by atoms with Crippen LogP contribution < -0.4 is 10.1 Å². The van der Waals surface area contributed by atoms with Crippen LogP contribution in [0, 0.1) is 0 Å². The fourth-order valence-electron chi connectivity index (χ4n) is 3.99. The zero-order chi connectivity index (χ0) is 27.9. The molecule has 0 radical (unpaired) electrons. The third-order valence-electron chi connectivity index (χ3n) is 6.22. The number of nitrogens with one attached hydrogen (secondary N) is 1. The number of benzene rings is 3. The molecule has 9 heteroatoms. The molecule has 3 aromatic rings. The summed E-state index contributed by atoms with van der Waals surface area (Å²) in [5.41, 5.74) is -0.684. The van der Waals surface area contributed by atoms with E-state index in [2.05, 4.69) is 5.32 Å². The Morgan fingerprint density at radius 1 is 0.921 bits per heavy atom. The van der Waals surface area contributed by atoms with Crippen LogP contribution in [-0.4, -0.2) is 30.7 Å². The highest BCUT2D eigenvalue weighted by Crippen LogP contribution is 2.44. The minimum absolute atomic E-state index is 0.0285. The molecule has 202 valence electrons. The topological polar surface area (TPSA) is 84.9 Å². The Hall–Kier alpha value is -3.85. The van der Waals surface area contributed by atoms with E-state index in [1.807, 2.05) is 30.3 Å². The Kier molecular flexibility index (Phi) is 9.17. The van der Waals surface area contributed by atoms with E-state index in [0.29, 0.717) is 24.2 Å². The molecule has 0 spiro atoms. The lowest BCUT2D eigenvalue weighted by molar-refractivity contribution is -0.146.